The summed E-state index contributed by atoms with van der Waals surface area (Å²) in [5, 5.41) is 7.78. The van der Waals surface area contributed by atoms with Gasteiger partial charge in [-0.2, -0.15) is 13.8 Å². The van der Waals surface area contributed by atoms with Crippen LogP contribution in [-0.4, -0.2) is 42.8 Å². The second kappa shape index (κ2) is 6.46. The number of ether oxygens (including phenoxy) is 1. The highest BCUT2D eigenvalue weighted by Gasteiger charge is 2.32. The Labute approximate surface area is 141 Å². The van der Waals surface area contributed by atoms with Crippen LogP contribution in [0.1, 0.15) is 6.04 Å². The summed E-state index contributed by atoms with van der Waals surface area (Å²) in [6.07, 6.45) is 5.05. The molecular weight excluding hydrogens is 328 g/mol. The van der Waals surface area contributed by atoms with Crippen LogP contribution in [-0.2, 0) is 4.74 Å². The molecule has 2 unspecified atom stereocenters. The summed E-state index contributed by atoms with van der Waals surface area (Å²) in [4.78, 5) is 16.3. The first kappa shape index (κ1) is 14.9. The molecule has 1 aliphatic rings. The van der Waals surface area contributed by atoms with E-state index in [2.05, 4.69) is 24.1 Å². The molecule has 3 aromatic heterocycles. The number of anilines is 1. The normalized spacial score (nSPS) is 20.2. The van der Waals surface area contributed by atoms with Crippen molar-refractivity contribution in [2.24, 2.45) is 0 Å². The minimum Gasteiger partial charge on any atom is -0.377 e. The topological polar surface area (TPSA) is 94.8 Å². The van der Waals surface area contributed by atoms with Gasteiger partial charge in [0.1, 0.15) is 6.04 Å². The minimum atomic E-state index is -0.207. The van der Waals surface area contributed by atoms with Gasteiger partial charge in [-0.25, -0.2) is 4.68 Å². The Morgan fingerprint density at radius 1 is 1.21 bits per heavy atom. The number of pyridine rings is 1. The molecule has 0 spiro atoms. The number of nitrogens with one attached hydrogen (secondary N) is 1. The van der Waals surface area contributed by atoms with Crippen molar-refractivity contribution in [3.63, 3.8) is 0 Å². The molecule has 4 heterocycles. The highest BCUT2D eigenvalue weighted by Crippen LogP contribution is 2.22. The SMILES string of the molecule is O=c1ccc(-c2ccncc2)nn1C1COCC1Nc1cnsn1. The van der Waals surface area contributed by atoms with E-state index in [1.165, 1.54) is 10.7 Å². The maximum atomic E-state index is 12.3. The van der Waals surface area contributed by atoms with E-state index >= 15 is 0 Å². The highest BCUT2D eigenvalue weighted by molar-refractivity contribution is 6.99. The lowest BCUT2D eigenvalue weighted by Crippen LogP contribution is -2.37. The molecule has 0 radical (unpaired) electrons. The molecule has 122 valence electrons. The van der Waals surface area contributed by atoms with E-state index in [1.807, 2.05) is 12.1 Å². The summed E-state index contributed by atoms with van der Waals surface area (Å²) in [6, 6.07) is 6.67. The maximum absolute atomic E-state index is 12.3. The van der Waals surface area contributed by atoms with Gasteiger partial charge in [0.25, 0.3) is 5.56 Å². The van der Waals surface area contributed by atoms with Crippen molar-refractivity contribution < 1.29 is 4.74 Å². The quantitative estimate of drug-likeness (QED) is 0.761. The first-order valence-electron chi connectivity index (χ1n) is 7.43. The van der Waals surface area contributed by atoms with Gasteiger partial charge in [0.15, 0.2) is 5.82 Å². The molecule has 1 fully saturated rings. The smallest absolute Gasteiger partial charge is 0.267 e. The van der Waals surface area contributed by atoms with Crippen LogP contribution in [0.15, 0.2) is 47.7 Å². The van der Waals surface area contributed by atoms with Gasteiger partial charge < -0.3 is 10.1 Å². The molecule has 0 bridgehead atoms. The van der Waals surface area contributed by atoms with E-state index < -0.39 is 0 Å². The predicted molar refractivity (Wildman–Crippen MR) is 88.9 cm³/mol. The second-order valence-electron chi connectivity index (χ2n) is 5.39. The number of rotatable bonds is 4. The molecular formula is C15H14N6O2S. The van der Waals surface area contributed by atoms with Crippen molar-refractivity contribution in [2.75, 3.05) is 18.5 Å². The predicted octanol–water partition coefficient (Wildman–Crippen LogP) is 1.21. The van der Waals surface area contributed by atoms with E-state index in [0.29, 0.717) is 19.0 Å². The van der Waals surface area contributed by atoms with E-state index in [4.69, 9.17) is 4.74 Å². The molecule has 2 atom stereocenters. The maximum Gasteiger partial charge on any atom is 0.267 e. The fraction of sp³-hybridized carbons (Fsp3) is 0.267. The second-order valence-corrected chi connectivity index (χ2v) is 5.94. The van der Waals surface area contributed by atoms with Crippen molar-refractivity contribution in [3.05, 3.63) is 53.2 Å². The third kappa shape index (κ3) is 2.91. The van der Waals surface area contributed by atoms with Crippen LogP contribution >= 0.6 is 11.7 Å². The van der Waals surface area contributed by atoms with Crippen LogP contribution in [0.3, 0.4) is 0 Å². The summed E-state index contributed by atoms with van der Waals surface area (Å²) < 4.78 is 15.2. The Hall–Kier alpha value is -2.65. The Morgan fingerprint density at radius 2 is 2.08 bits per heavy atom. The molecule has 9 heteroatoms. The molecule has 1 aliphatic heterocycles. The molecule has 4 rings (SSSR count). The average molecular weight is 342 g/mol. The fourth-order valence-corrected chi connectivity index (χ4v) is 3.06. The Kier molecular flexibility index (Phi) is 4.01. The highest BCUT2D eigenvalue weighted by atomic mass is 32.1. The first-order valence-corrected chi connectivity index (χ1v) is 8.16. The lowest BCUT2D eigenvalue weighted by molar-refractivity contribution is 0.183. The van der Waals surface area contributed by atoms with Crippen molar-refractivity contribution in [2.45, 2.75) is 12.1 Å². The van der Waals surface area contributed by atoms with Crippen LogP contribution in [0.4, 0.5) is 5.82 Å². The molecule has 3 aromatic rings. The molecule has 0 saturated carbocycles. The summed E-state index contributed by atoms with van der Waals surface area (Å²) in [6.45, 7) is 0.901. The Bertz CT molecular complexity index is 867. The Morgan fingerprint density at radius 3 is 2.88 bits per heavy atom. The van der Waals surface area contributed by atoms with E-state index in [0.717, 1.165) is 23.0 Å². The van der Waals surface area contributed by atoms with Gasteiger partial charge in [-0.05, 0) is 18.2 Å². The van der Waals surface area contributed by atoms with Crippen LogP contribution < -0.4 is 10.9 Å². The van der Waals surface area contributed by atoms with Gasteiger partial charge in [-0.15, -0.1) is 0 Å². The third-order valence-corrected chi connectivity index (χ3v) is 4.34. The van der Waals surface area contributed by atoms with E-state index in [9.17, 15) is 4.79 Å². The molecule has 1 N–H and O–H groups in total. The molecule has 8 nitrogen and oxygen atoms in total. The van der Waals surface area contributed by atoms with Gasteiger partial charge in [0.2, 0.25) is 0 Å². The van der Waals surface area contributed by atoms with Crippen molar-refractivity contribution >= 4 is 17.5 Å². The summed E-state index contributed by atoms with van der Waals surface area (Å²) in [5.74, 6) is 0.679. The Balaban J connectivity index is 1.66. The van der Waals surface area contributed by atoms with Gasteiger partial charge in [-0.1, -0.05) is 0 Å². The monoisotopic (exact) mass is 342 g/mol. The van der Waals surface area contributed by atoms with Crippen molar-refractivity contribution in [3.8, 4) is 11.3 Å². The molecule has 0 amide bonds. The number of hydrogen-bond donors (Lipinski definition) is 1. The number of hydrogen-bond acceptors (Lipinski definition) is 8. The lowest BCUT2D eigenvalue weighted by Gasteiger charge is -2.20. The number of nitrogens with zero attached hydrogens (tertiary/aromatic N) is 5. The summed E-state index contributed by atoms with van der Waals surface area (Å²) in [5.41, 5.74) is 1.47. The van der Waals surface area contributed by atoms with Gasteiger partial charge in [-0.3, -0.25) is 9.78 Å². The van der Waals surface area contributed by atoms with Gasteiger partial charge >= 0.3 is 0 Å². The van der Waals surface area contributed by atoms with Gasteiger partial charge in [0.05, 0.1) is 42.9 Å². The molecule has 0 aromatic carbocycles. The van der Waals surface area contributed by atoms with Gasteiger partial charge in [0, 0.05) is 24.0 Å². The number of aromatic nitrogens is 5. The van der Waals surface area contributed by atoms with E-state index in [-0.39, 0.29) is 17.6 Å². The summed E-state index contributed by atoms with van der Waals surface area (Å²) >= 11 is 1.13. The average Bonchev–Trinajstić information content (AvgIpc) is 3.29. The van der Waals surface area contributed by atoms with Crippen LogP contribution in [0, 0.1) is 0 Å². The van der Waals surface area contributed by atoms with Crippen LogP contribution in [0.25, 0.3) is 11.3 Å². The zero-order valence-corrected chi connectivity index (χ0v) is 13.4. The first-order chi connectivity index (χ1) is 11.8. The third-order valence-electron chi connectivity index (χ3n) is 3.86. The van der Waals surface area contributed by atoms with Crippen molar-refractivity contribution in [1.29, 1.82) is 0 Å². The molecule has 0 aliphatic carbocycles. The largest absolute Gasteiger partial charge is 0.377 e. The van der Waals surface area contributed by atoms with Crippen molar-refractivity contribution in [1.82, 2.24) is 23.5 Å². The minimum absolute atomic E-state index is 0.0909. The van der Waals surface area contributed by atoms with E-state index in [1.54, 1.807) is 24.7 Å². The van der Waals surface area contributed by atoms with Crippen LogP contribution in [0.2, 0.25) is 0 Å². The zero-order chi connectivity index (χ0) is 16.4. The zero-order valence-electron chi connectivity index (χ0n) is 12.6. The molecule has 24 heavy (non-hydrogen) atoms. The van der Waals surface area contributed by atoms with Crippen LogP contribution in [0.5, 0.6) is 0 Å². The standard InChI is InChI=1S/C15H14N6O2S/c22-15-2-1-11(10-3-5-16-6-4-10)19-21(15)13-9-23-8-12(13)18-14-7-17-24-20-14/h1-7,12-13H,8-9H2,(H,18,20). The molecule has 1 saturated heterocycles. The lowest BCUT2D eigenvalue weighted by atomic mass is 10.1. The summed E-state index contributed by atoms with van der Waals surface area (Å²) in [7, 11) is 0. The fourth-order valence-electron chi connectivity index (χ4n) is 2.68.